The van der Waals surface area contributed by atoms with E-state index in [0.29, 0.717) is 31.2 Å². The van der Waals surface area contributed by atoms with E-state index in [4.69, 9.17) is 44.3 Å². The van der Waals surface area contributed by atoms with Gasteiger partial charge in [-0.1, -0.05) is 71.2 Å². The van der Waals surface area contributed by atoms with Crippen LogP contribution in [-0.2, 0) is 27.3 Å². The Bertz CT molecular complexity index is 1860. The molecule has 1 aliphatic heterocycles. The highest BCUT2D eigenvalue weighted by Gasteiger charge is 2.48. The van der Waals surface area contributed by atoms with Crippen molar-refractivity contribution in [3.8, 4) is 5.75 Å². The van der Waals surface area contributed by atoms with Crippen LogP contribution in [0.4, 0.5) is 22.4 Å². The van der Waals surface area contributed by atoms with E-state index in [0.717, 1.165) is 22.6 Å². The van der Waals surface area contributed by atoms with E-state index in [9.17, 15) is 28.5 Å². The molecular weight excluding hydrogens is 769 g/mol. The number of hydrogen-bond donors (Lipinski definition) is 0. The molecule has 53 heavy (non-hydrogen) atoms. The fourth-order valence-corrected chi connectivity index (χ4v) is 6.45. The minimum absolute atomic E-state index is 0.00401. The number of nitrogens with zero attached hydrogens (tertiary/aromatic N) is 3. The molecule has 1 saturated carbocycles. The molecule has 1 fully saturated rings. The molecule has 0 saturated heterocycles. The van der Waals surface area contributed by atoms with Gasteiger partial charge < -0.3 is 19.2 Å². The monoisotopic (exact) mass is 801 g/mol. The van der Waals surface area contributed by atoms with E-state index in [1.165, 1.54) is 17.0 Å². The molecule has 10 nitrogen and oxygen atoms in total. The van der Waals surface area contributed by atoms with Crippen molar-refractivity contribution in [1.82, 2.24) is 9.80 Å². The van der Waals surface area contributed by atoms with Crippen molar-refractivity contribution in [2.75, 3.05) is 32.9 Å². The van der Waals surface area contributed by atoms with E-state index in [1.807, 2.05) is 0 Å². The molecule has 284 valence electrons. The summed E-state index contributed by atoms with van der Waals surface area (Å²) in [7, 11) is 0. The van der Waals surface area contributed by atoms with Crippen LogP contribution >= 0.6 is 34.8 Å². The summed E-state index contributed by atoms with van der Waals surface area (Å²) in [6.45, 7) is -1.98. The Kier molecular flexibility index (Phi) is 13.3. The van der Waals surface area contributed by atoms with E-state index in [1.54, 1.807) is 30.3 Å². The predicted molar refractivity (Wildman–Crippen MR) is 189 cm³/mol. The van der Waals surface area contributed by atoms with Crippen LogP contribution in [0.2, 0.25) is 15.1 Å². The van der Waals surface area contributed by atoms with Crippen LogP contribution < -0.4 is 4.74 Å². The van der Waals surface area contributed by atoms with E-state index < -0.39 is 64.1 Å². The van der Waals surface area contributed by atoms with Crippen LogP contribution in [-0.4, -0.2) is 71.8 Å². The van der Waals surface area contributed by atoms with Crippen LogP contribution in [0.25, 0.3) is 5.57 Å². The van der Waals surface area contributed by atoms with Gasteiger partial charge in [-0.3, -0.25) is 9.69 Å². The van der Waals surface area contributed by atoms with Gasteiger partial charge >= 0.3 is 6.09 Å². The van der Waals surface area contributed by atoms with Crippen molar-refractivity contribution >= 4 is 52.4 Å². The number of rotatable bonds is 16. The van der Waals surface area contributed by atoms with Gasteiger partial charge in [-0.25, -0.2) is 13.6 Å². The van der Waals surface area contributed by atoms with Crippen LogP contribution in [0.5, 0.6) is 5.75 Å². The normalized spacial score (nSPS) is 15.3. The van der Waals surface area contributed by atoms with Crippen LogP contribution in [0.15, 0.2) is 60.2 Å². The van der Waals surface area contributed by atoms with Crippen LogP contribution in [0.3, 0.4) is 0 Å². The summed E-state index contributed by atoms with van der Waals surface area (Å²) < 4.78 is 70.9. The number of alkyl halides is 2. The number of halogens is 7. The second kappa shape index (κ2) is 17.7. The van der Waals surface area contributed by atoms with E-state index >= 15 is 8.78 Å². The molecule has 0 radical (unpaired) electrons. The first-order valence-corrected chi connectivity index (χ1v) is 17.8. The maximum absolute atomic E-state index is 16.3. The minimum Gasteiger partial charge on any atom is -0.489 e. The van der Waals surface area contributed by atoms with Gasteiger partial charge in [0, 0.05) is 23.7 Å². The number of amides is 2. The lowest BCUT2D eigenvalue weighted by Gasteiger charge is -2.37. The van der Waals surface area contributed by atoms with Crippen molar-refractivity contribution in [3.05, 3.63) is 114 Å². The third kappa shape index (κ3) is 10.2. The van der Waals surface area contributed by atoms with E-state index in [-0.39, 0.29) is 66.4 Å². The van der Waals surface area contributed by atoms with Crippen molar-refractivity contribution in [3.63, 3.8) is 0 Å². The van der Waals surface area contributed by atoms with Gasteiger partial charge in [-0.05, 0) is 73.4 Å². The first-order valence-electron chi connectivity index (χ1n) is 16.7. The molecule has 3 aromatic rings. The van der Waals surface area contributed by atoms with Crippen LogP contribution in [0, 0.1) is 21.7 Å². The van der Waals surface area contributed by atoms with Crippen molar-refractivity contribution in [2.45, 2.75) is 57.0 Å². The quantitative estimate of drug-likeness (QED) is 0.0468. The highest BCUT2D eigenvalue weighted by Crippen LogP contribution is 2.42. The Labute approximate surface area is 317 Å². The Balaban J connectivity index is 1.37. The van der Waals surface area contributed by atoms with Crippen LogP contribution in [0.1, 0.15) is 48.8 Å². The molecule has 1 heterocycles. The smallest absolute Gasteiger partial charge is 0.410 e. The second-order valence-corrected chi connectivity index (χ2v) is 13.7. The average Bonchev–Trinajstić information content (AvgIpc) is 3.96. The number of carbonyl (C=O) groups is 2. The SMILES string of the molecule is O=C(OCCCCO[N+](=O)[O-])N1CC(C(=O)N(Cc2cccc(Cl)c2Cl)C2CC2)=C(c2ccc(CCCOc3c(F)ccc(F)c3Cl)cc2)C(F)(F)C1. The highest BCUT2D eigenvalue weighted by atomic mass is 35.5. The molecule has 3 aromatic carbocycles. The Morgan fingerprint density at radius 3 is 2.32 bits per heavy atom. The molecule has 5 rings (SSSR count). The number of carbonyl (C=O) groups excluding carboxylic acids is 2. The number of hydrogen-bond acceptors (Lipinski definition) is 7. The zero-order chi connectivity index (χ0) is 38.3. The number of unbranched alkanes of at least 4 members (excludes halogenated alkanes) is 1. The highest BCUT2D eigenvalue weighted by molar-refractivity contribution is 6.42. The number of ether oxygens (including phenoxy) is 2. The van der Waals surface area contributed by atoms with Gasteiger partial charge in [-0.15, -0.1) is 10.1 Å². The Morgan fingerprint density at radius 1 is 0.925 bits per heavy atom. The predicted octanol–water partition coefficient (Wildman–Crippen LogP) is 8.96. The van der Waals surface area contributed by atoms with Gasteiger partial charge in [0.15, 0.2) is 11.6 Å². The summed E-state index contributed by atoms with van der Waals surface area (Å²) in [4.78, 5) is 44.2. The van der Waals surface area contributed by atoms with Gasteiger partial charge in [0.05, 0.1) is 43.0 Å². The molecular formula is C36H34Cl3F4N3O7. The van der Waals surface area contributed by atoms with Gasteiger partial charge in [0.25, 0.3) is 16.9 Å². The molecule has 2 amide bonds. The summed E-state index contributed by atoms with van der Waals surface area (Å²) in [5.41, 5.74) is 0.495. The molecule has 0 N–H and O–H groups in total. The lowest BCUT2D eigenvalue weighted by Crippen LogP contribution is -2.50. The van der Waals surface area contributed by atoms with E-state index in [2.05, 4.69) is 4.84 Å². The topological polar surface area (TPSA) is 111 Å². The summed E-state index contributed by atoms with van der Waals surface area (Å²) in [5.74, 6) is -6.41. The largest absolute Gasteiger partial charge is 0.489 e. The summed E-state index contributed by atoms with van der Waals surface area (Å²) in [6, 6.07) is 12.7. The molecule has 0 unspecified atom stereocenters. The molecule has 0 aromatic heterocycles. The summed E-state index contributed by atoms with van der Waals surface area (Å²) in [6.07, 6.45) is 1.33. The molecule has 1 aliphatic carbocycles. The van der Waals surface area contributed by atoms with Crippen molar-refractivity contribution in [2.24, 2.45) is 0 Å². The molecule has 2 aliphatic rings. The zero-order valence-corrected chi connectivity index (χ0v) is 30.4. The zero-order valence-electron chi connectivity index (χ0n) is 28.1. The first-order chi connectivity index (χ1) is 25.3. The molecule has 0 bridgehead atoms. The fourth-order valence-electron chi connectivity index (χ4n) is 5.86. The number of benzene rings is 3. The lowest BCUT2D eigenvalue weighted by molar-refractivity contribution is -0.757. The standard InChI is InChI=1S/C36H34Cl3F4N3O7/c37-27-7-3-6-24(31(27)38)19-45(25-12-13-25)34(47)26-20-44(35(48)52-16-1-2-18-53-46(49)50)21-36(42,43)30(26)23-10-8-22(9-11-23)5-4-17-51-33-29(41)15-14-28(40)32(33)39/h3,6-11,14-15,25H,1-2,4-5,12-13,16-21H2. The maximum atomic E-state index is 16.3. The third-order valence-electron chi connectivity index (χ3n) is 8.60. The third-order valence-corrected chi connectivity index (χ3v) is 9.81. The number of aryl methyl sites for hydroxylation is 1. The molecule has 0 atom stereocenters. The molecule has 0 spiro atoms. The van der Waals surface area contributed by atoms with Crippen molar-refractivity contribution in [1.29, 1.82) is 0 Å². The lowest BCUT2D eigenvalue weighted by atomic mass is 9.89. The summed E-state index contributed by atoms with van der Waals surface area (Å²) in [5, 5.41) is 9.42. The second-order valence-electron chi connectivity index (χ2n) is 12.5. The fraction of sp³-hybridized carbons (Fsp3) is 0.389. The summed E-state index contributed by atoms with van der Waals surface area (Å²) >= 11 is 18.5. The Morgan fingerprint density at radius 2 is 1.62 bits per heavy atom. The maximum Gasteiger partial charge on any atom is 0.410 e. The first kappa shape index (κ1) is 39.9. The van der Waals surface area contributed by atoms with Gasteiger partial charge in [0.1, 0.15) is 10.8 Å². The average molecular weight is 803 g/mol. The van der Waals surface area contributed by atoms with Gasteiger partial charge in [-0.2, -0.15) is 8.78 Å². The minimum atomic E-state index is -3.69. The molecule has 17 heteroatoms. The Hall–Kier alpha value is -4.27. The van der Waals surface area contributed by atoms with Gasteiger partial charge in [0.2, 0.25) is 0 Å². The van der Waals surface area contributed by atoms with Crippen molar-refractivity contribution < 1.29 is 46.5 Å².